The lowest BCUT2D eigenvalue weighted by atomic mass is 10.0. The third kappa shape index (κ3) is 3.41. The monoisotopic (exact) mass is 299 g/mol. The summed E-state index contributed by atoms with van der Waals surface area (Å²) >= 11 is 0. The van der Waals surface area contributed by atoms with Crippen molar-refractivity contribution in [3.05, 3.63) is 45.3 Å². The Morgan fingerprint density at radius 3 is 2.45 bits per heavy atom. The predicted octanol–water partition coefficient (Wildman–Crippen LogP) is 4.22. The van der Waals surface area contributed by atoms with Crippen LogP contribution in [0.2, 0.25) is 0 Å². The third-order valence-corrected chi connectivity index (χ3v) is 4.88. The molecule has 0 amide bonds. The van der Waals surface area contributed by atoms with Crippen LogP contribution in [0.3, 0.4) is 0 Å². The lowest BCUT2D eigenvalue weighted by molar-refractivity contribution is 0.458. The van der Waals surface area contributed by atoms with E-state index in [1.807, 2.05) is 13.0 Å². The van der Waals surface area contributed by atoms with Crippen molar-refractivity contribution in [3.8, 4) is 0 Å². The van der Waals surface area contributed by atoms with E-state index < -0.39 is 0 Å². The maximum Gasteiger partial charge on any atom is 0.336 e. The Labute approximate surface area is 131 Å². The Morgan fingerprint density at radius 1 is 1.05 bits per heavy atom. The molecule has 1 heterocycles. The van der Waals surface area contributed by atoms with Crippen molar-refractivity contribution >= 4 is 11.0 Å². The number of aryl methyl sites for hydroxylation is 2. The first-order chi connectivity index (χ1) is 10.6. The van der Waals surface area contributed by atoms with Gasteiger partial charge in [-0.3, -0.25) is 0 Å². The fourth-order valence-electron chi connectivity index (χ4n) is 3.37. The van der Waals surface area contributed by atoms with Gasteiger partial charge in [0.15, 0.2) is 0 Å². The lowest BCUT2D eigenvalue weighted by Crippen LogP contribution is -2.28. The van der Waals surface area contributed by atoms with E-state index in [0.29, 0.717) is 11.6 Å². The van der Waals surface area contributed by atoms with Crippen molar-refractivity contribution in [2.24, 2.45) is 0 Å². The molecule has 1 aliphatic carbocycles. The molecule has 0 spiro atoms. The van der Waals surface area contributed by atoms with Gasteiger partial charge in [-0.05, 0) is 55.5 Å². The SMILES string of the molecule is Cc1cc2oc(=O)cc(CNC3CCCCCC3)c2cc1C. The summed E-state index contributed by atoms with van der Waals surface area (Å²) in [5, 5.41) is 4.71. The van der Waals surface area contributed by atoms with E-state index in [1.54, 1.807) is 6.07 Å². The van der Waals surface area contributed by atoms with E-state index in [1.165, 1.54) is 44.1 Å². The van der Waals surface area contributed by atoms with Gasteiger partial charge in [0.2, 0.25) is 0 Å². The molecule has 118 valence electrons. The Hall–Kier alpha value is -1.61. The fraction of sp³-hybridized carbons (Fsp3) is 0.526. The number of benzene rings is 1. The number of hydrogen-bond acceptors (Lipinski definition) is 3. The molecule has 3 heteroatoms. The molecule has 0 bridgehead atoms. The molecular weight excluding hydrogens is 274 g/mol. The van der Waals surface area contributed by atoms with Crippen LogP contribution in [0.1, 0.15) is 55.2 Å². The normalized spacial score (nSPS) is 16.8. The highest BCUT2D eigenvalue weighted by molar-refractivity contribution is 5.81. The van der Waals surface area contributed by atoms with E-state index >= 15 is 0 Å². The molecule has 3 rings (SSSR count). The number of nitrogens with one attached hydrogen (secondary N) is 1. The zero-order chi connectivity index (χ0) is 15.5. The number of hydrogen-bond donors (Lipinski definition) is 1. The topological polar surface area (TPSA) is 42.2 Å². The summed E-state index contributed by atoms with van der Waals surface area (Å²) < 4.78 is 5.37. The van der Waals surface area contributed by atoms with E-state index in [0.717, 1.165) is 23.1 Å². The van der Waals surface area contributed by atoms with Gasteiger partial charge in [-0.25, -0.2) is 4.79 Å². The van der Waals surface area contributed by atoms with E-state index in [9.17, 15) is 4.79 Å². The standard InChI is InChI=1S/C19H25NO2/c1-13-9-17-15(11-19(21)22-18(17)10-14(13)2)12-20-16-7-5-3-4-6-8-16/h9-11,16,20H,3-8,12H2,1-2H3. The predicted molar refractivity (Wildman–Crippen MR) is 90.3 cm³/mol. The summed E-state index contributed by atoms with van der Waals surface area (Å²) in [6.45, 7) is 4.89. The van der Waals surface area contributed by atoms with Crippen molar-refractivity contribution in [2.45, 2.75) is 65.0 Å². The molecule has 22 heavy (non-hydrogen) atoms. The van der Waals surface area contributed by atoms with Crippen LogP contribution in [0.4, 0.5) is 0 Å². The molecule has 1 aliphatic rings. The number of fused-ring (bicyclic) bond motifs is 1. The van der Waals surface area contributed by atoms with Crippen LogP contribution in [0.15, 0.2) is 27.4 Å². The van der Waals surface area contributed by atoms with E-state index in [4.69, 9.17) is 4.42 Å². The first-order valence-electron chi connectivity index (χ1n) is 8.41. The largest absolute Gasteiger partial charge is 0.423 e. The van der Waals surface area contributed by atoms with Crippen molar-refractivity contribution in [3.63, 3.8) is 0 Å². The fourth-order valence-corrected chi connectivity index (χ4v) is 3.37. The average Bonchev–Trinajstić information content (AvgIpc) is 2.75. The lowest BCUT2D eigenvalue weighted by Gasteiger charge is -2.17. The van der Waals surface area contributed by atoms with Crippen molar-refractivity contribution < 1.29 is 4.42 Å². The van der Waals surface area contributed by atoms with Gasteiger partial charge >= 0.3 is 5.63 Å². The molecule has 0 aliphatic heterocycles. The molecule has 0 unspecified atom stereocenters. The highest BCUT2D eigenvalue weighted by atomic mass is 16.4. The summed E-state index contributed by atoms with van der Waals surface area (Å²) in [4.78, 5) is 11.8. The molecule has 1 N–H and O–H groups in total. The molecule has 1 aromatic carbocycles. The summed E-state index contributed by atoms with van der Waals surface area (Å²) in [6.07, 6.45) is 7.83. The molecule has 1 saturated carbocycles. The Balaban J connectivity index is 1.86. The third-order valence-electron chi connectivity index (χ3n) is 4.88. The highest BCUT2D eigenvalue weighted by Gasteiger charge is 2.13. The van der Waals surface area contributed by atoms with E-state index in [-0.39, 0.29) is 5.63 Å². The summed E-state index contributed by atoms with van der Waals surface area (Å²) in [5.74, 6) is 0. The van der Waals surface area contributed by atoms with Gasteiger partial charge in [-0.2, -0.15) is 0 Å². The molecule has 0 saturated heterocycles. The maximum absolute atomic E-state index is 11.8. The highest BCUT2D eigenvalue weighted by Crippen LogP contribution is 2.22. The summed E-state index contributed by atoms with van der Waals surface area (Å²) in [5.41, 5.74) is 3.89. The van der Waals surface area contributed by atoms with Crippen LogP contribution in [-0.4, -0.2) is 6.04 Å². The smallest absolute Gasteiger partial charge is 0.336 e. The summed E-state index contributed by atoms with van der Waals surface area (Å²) in [6, 6.07) is 6.33. The van der Waals surface area contributed by atoms with Crippen LogP contribution in [0.5, 0.6) is 0 Å². The second-order valence-electron chi connectivity index (χ2n) is 6.59. The van der Waals surface area contributed by atoms with Crippen molar-refractivity contribution in [2.75, 3.05) is 0 Å². The van der Waals surface area contributed by atoms with Crippen LogP contribution < -0.4 is 10.9 Å². The molecule has 2 aromatic rings. The molecular formula is C19H25NO2. The minimum atomic E-state index is -0.256. The van der Waals surface area contributed by atoms with Gasteiger partial charge in [0, 0.05) is 24.0 Å². The number of rotatable bonds is 3. The van der Waals surface area contributed by atoms with Gasteiger partial charge in [0.1, 0.15) is 5.58 Å². The van der Waals surface area contributed by atoms with Crippen molar-refractivity contribution in [1.82, 2.24) is 5.32 Å². The molecule has 1 fully saturated rings. The minimum Gasteiger partial charge on any atom is -0.423 e. The summed E-state index contributed by atoms with van der Waals surface area (Å²) in [7, 11) is 0. The average molecular weight is 299 g/mol. The first kappa shape index (κ1) is 15.3. The molecule has 1 aromatic heterocycles. The minimum absolute atomic E-state index is 0.256. The van der Waals surface area contributed by atoms with E-state index in [2.05, 4.69) is 18.3 Å². The first-order valence-corrected chi connectivity index (χ1v) is 8.41. The molecule has 3 nitrogen and oxygen atoms in total. The van der Waals surface area contributed by atoms with Crippen LogP contribution in [0.25, 0.3) is 11.0 Å². The van der Waals surface area contributed by atoms with Crippen molar-refractivity contribution in [1.29, 1.82) is 0 Å². The zero-order valence-corrected chi connectivity index (χ0v) is 13.6. The quantitative estimate of drug-likeness (QED) is 0.681. The van der Waals surface area contributed by atoms with Gasteiger partial charge < -0.3 is 9.73 Å². The van der Waals surface area contributed by atoms with Gasteiger partial charge in [-0.1, -0.05) is 25.7 Å². The Kier molecular flexibility index (Phi) is 4.63. The maximum atomic E-state index is 11.8. The Morgan fingerprint density at radius 2 is 1.73 bits per heavy atom. The van der Waals surface area contributed by atoms with Gasteiger partial charge in [-0.15, -0.1) is 0 Å². The van der Waals surface area contributed by atoms with Crippen LogP contribution in [0, 0.1) is 13.8 Å². The van der Waals surface area contributed by atoms with Crippen LogP contribution >= 0.6 is 0 Å². The molecule has 0 atom stereocenters. The zero-order valence-electron chi connectivity index (χ0n) is 13.6. The Bertz CT molecular complexity index is 709. The second-order valence-corrected chi connectivity index (χ2v) is 6.59. The molecule has 0 radical (unpaired) electrons. The van der Waals surface area contributed by atoms with Gasteiger partial charge in [0.25, 0.3) is 0 Å². The van der Waals surface area contributed by atoms with Gasteiger partial charge in [0.05, 0.1) is 0 Å². The van der Waals surface area contributed by atoms with Crippen LogP contribution in [-0.2, 0) is 6.54 Å². The second kappa shape index (κ2) is 6.66.